The Hall–Kier alpha value is -3.40. The number of carboxylic acids is 1. The van der Waals surface area contributed by atoms with Crippen molar-refractivity contribution in [1.82, 2.24) is 9.78 Å². The molecule has 1 heterocycles. The number of aromatic carboxylic acids is 1. The number of nitrogens with zero attached hydrogens (tertiary/aromatic N) is 2. The van der Waals surface area contributed by atoms with E-state index in [2.05, 4.69) is 41.5 Å². The van der Waals surface area contributed by atoms with Crippen molar-refractivity contribution < 1.29 is 9.90 Å². The van der Waals surface area contributed by atoms with Crippen LogP contribution in [0, 0.1) is 0 Å². The number of hydrogen-bond donors (Lipinski definition) is 1. The fourth-order valence-corrected chi connectivity index (χ4v) is 3.01. The lowest BCUT2D eigenvalue weighted by Gasteiger charge is -2.06. The third-order valence-corrected chi connectivity index (χ3v) is 4.25. The Bertz CT molecular complexity index is 1030. The molecule has 0 saturated heterocycles. The van der Waals surface area contributed by atoms with E-state index in [9.17, 15) is 9.90 Å². The second-order valence-corrected chi connectivity index (χ2v) is 5.89. The largest absolute Gasteiger partial charge is 0.476 e. The summed E-state index contributed by atoms with van der Waals surface area (Å²) in [5, 5.41) is 14.3. The average Bonchev–Trinajstić information content (AvgIpc) is 3.02. The summed E-state index contributed by atoms with van der Waals surface area (Å²) in [6.45, 7) is 0.531. The molecule has 4 nitrogen and oxygen atoms in total. The van der Waals surface area contributed by atoms with Crippen molar-refractivity contribution in [2.75, 3.05) is 0 Å². The van der Waals surface area contributed by atoms with Crippen molar-refractivity contribution in [3.8, 4) is 11.1 Å². The molecule has 0 amide bonds. The Morgan fingerprint density at radius 3 is 2.20 bits per heavy atom. The van der Waals surface area contributed by atoms with E-state index in [1.165, 1.54) is 5.56 Å². The molecule has 0 atom stereocenters. The van der Waals surface area contributed by atoms with Crippen LogP contribution in [0.1, 0.15) is 16.1 Å². The third-order valence-electron chi connectivity index (χ3n) is 4.25. The lowest BCUT2D eigenvalue weighted by atomic mass is 10.0. The number of carboxylic acid groups (broad SMARTS) is 1. The summed E-state index contributed by atoms with van der Waals surface area (Å²) in [4.78, 5) is 11.4. The topological polar surface area (TPSA) is 55.1 Å². The molecule has 4 aromatic rings. The SMILES string of the molecule is O=C(O)c1nn(Cc2ccc(-c3ccccc3)cc2)c2ccccc12. The molecule has 0 fully saturated rings. The predicted molar refractivity (Wildman–Crippen MR) is 97.7 cm³/mol. The molecule has 0 aliphatic rings. The van der Waals surface area contributed by atoms with Gasteiger partial charge in [0.25, 0.3) is 0 Å². The van der Waals surface area contributed by atoms with Gasteiger partial charge in [-0.25, -0.2) is 4.79 Å². The highest BCUT2D eigenvalue weighted by Crippen LogP contribution is 2.22. The van der Waals surface area contributed by atoms with E-state index < -0.39 is 5.97 Å². The Kier molecular flexibility index (Phi) is 3.78. The van der Waals surface area contributed by atoms with E-state index >= 15 is 0 Å². The number of aromatic nitrogens is 2. The fraction of sp³-hybridized carbons (Fsp3) is 0.0476. The number of fused-ring (bicyclic) bond motifs is 1. The summed E-state index contributed by atoms with van der Waals surface area (Å²) < 4.78 is 1.75. The minimum Gasteiger partial charge on any atom is -0.476 e. The minimum atomic E-state index is -1.01. The Labute approximate surface area is 145 Å². The zero-order valence-electron chi connectivity index (χ0n) is 13.5. The van der Waals surface area contributed by atoms with E-state index in [1.807, 2.05) is 36.4 Å². The maximum absolute atomic E-state index is 11.4. The van der Waals surface area contributed by atoms with Gasteiger partial charge in [0.05, 0.1) is 12.1 Å². The van der Waals surface area contributed by atoms with E-state index in [4.69, 9.17) is 0 Å². The summed E-state index contributed by atoms with van der Waals surface area (Å²) in [6, 6.07) is 25.9. The molecule has 122 valence electrons. The third kappa shape index (κ3) is 2.90. The van der Waals surface area contributed by atoms with Crippen LogP contribution in [-0.2, 0) is 6.54 Å². The van der Waals surface area contributed by atoms with Crippen LogP contribution in [0.25, 0.3) is 22.0 Å². The number of hydrogen-bond acceptors (Lipinski definition) is 2. The van der Waals surface area contributed by atoms with E-state index in [0.29, 0.717) is 11.9 Å². The van der Waals surface area contributed by atoms with Crippen molar-refractivity contribution in [3.63, 3.8) is 0 Å². The molecular weight excluding hydrogens is 312 g/mol. The van der Waals surface area contributed by atoms with Crippen molar-refractivity contribution in [3.05, 3.63) is 90.1 Å². The molecule has 0 saturated carbocycles. The quantitative estimate of drug-likeness (QED) is 0.602. The first-order valence-electron chi connectivity index (χ1n) is 8.05. The van der Waals surface area contributed by atoms with Crippen molar-refractivity contribution in [2.24, 2.45) is 0 Å². The molecule has 4 rings (SSSR count). The standard InChI is InChI=1S/C21H16N2O2/c24-21(25)20-18-8-4-5-9-19(18)23(22-20)14-15-10-12-17(13-11-15)16-6-2-1-3-7-16/h1-13H,14H2,(H,24,25). The van der Waals surface area contributed by atoms with E-state index in [-0.39, 0.29) is 5.69 Å². The molecule has 25 heavy (non-hydrogen) atoms. The molecule has 0 unspecified atom stereocenters. The lowest BCUT2D eigenvalue weighted by Crippen LogP contribution is -2.04. The van der Waals surface area contributed by atoms with Gasteiger partial charge >= 0.3 is 5.97 Å². The maximum Gasteiger partial charge on any atom is 0.357 e. The van der Waals surface area contributed by atoms with E-state index in [0.717, 1.165) is 16.6 Å². The Morgan fingerprint density at radius 1 is 0.840 bits per heavy atom. The van der Waals surface area contributed by atoms with Crippen molar-refractivity contribution >= 4 is 16.9 Å². The molecule has 1 N–H and O–H groups in total. The minimum absolute atomic E-state index is 0.0940. The van der Waals surface area contributed by atoms with Gasteiger partial charge in [-0.15, -0.1) is 0 Å². The van der Waals surface area contributed by atoms with Gasteiger partial charge in [0.15, 0.2) is 5.69 Å². The molecule has 0 radical (unpaired) electrons. The second kappa shape index (κ2) is 6.24. The highest BCUT2D eigenvalue weighted by molar-refractivity contribution is 6.01. The second-order valence-electron chi connectivity index (χ2n) is 5.89. The Morgan fingerprint density at radius 2 is 1.48 bits per heavy atom. The van der Waals surface area contributed by atoms with Crippen LogP contribution in [0.5, 0.6) is 0 Å². The lowest BCUT2D eigenvalue weighted by molar-refractivity contribution is 0.0691. The Balaban J connectivity index is 1.67. The van der Waals surface area contributed by atoms with Gasteiger partial charge in [0.1, 0.15) is 0 Å². The van der Waals surface area contributed by atoms with Gasteiger partial charge in [0.2, 0.25) is 0 Å². The van der Waals surface area contributed by atoms with Gasteiger partial charge in [-0.05, 0) is 22.8 Å². The van der Waals surface area contributed by atoms with Crippen LogP contribution in [0.4, 0.5) is 0 Å². The van der Waals surface area contributed by atoms with Gasteiger partial charge in [-0.2, -0.15) is 5.10 Å². The molecular formula is C21H16N2O2. The number of rotatable bonds is 4. The molecule has 0 bridgehead atoms. The highest BCUT2D eigenvalue weighted by Gasteiger charge is 2.15. The average molecular weight is 328 g/mol. The summed E-state index contributed by atoms with van der Waals surface area (Å²) in [5.74, 6) is -1.01. The van der Waals surface area contributed by atoms with Crippen molar-refractivity contribution in [1.29, 1.82) is 0 Å². The summed E-state index contributed by atoms with van der Waals surface area (Å²) in [7, 11) is 0. The monoisotopic (exact) mass is 328 g/mol. The summed E-state index contributed by atoms with van der Waals surface area (Å²) >= 11 is 0. The molecule has 1 aromatic heterocycles. The van der Waals surface area contributed by atoms with Gasteiger partial charge in [-0.3, -0.25) is 4.68 Å². The summed E-state index contributed by atoms with van der Waals surface area (Å²) in [5.41, 5.74) is 4.32. The molecule has 0 aliphatic carbocycles. The number of para-hydroxylation sites is 1. The predicted octanol–water partition coefficient (Wildman–Crippen LogP) is 4.45. The van der Waals surface area contributed by atoms with E-state index in [1.54, 1.807) is 10.7 Å². The van der Waals surface area contributed by atoms with Crippen LogP contribution < -0.4 is 0 Å². The maximum atomic E-state index is 11.4. The van der Waals surface area contributed by atoms with Crippen LogP contribution in [0.2, 0.25) is 0 Å². The first-order chi connectivity index (χ1) is 12.2. The normalized spacial score (nSPS) is 10.9. The first-order valence-corrected chi connectivity index (χ1v) is 8.05. The van der Waals surface area contributed by atoms with Crippen LogP contribution >= 0.6 is 0 Å². The molecule has 0 aliphatic heterocycles. The smallest absolute Gasteiger partial charge is 0.357 e. The summed E-state index contributed by atoms with van der Waals surface area (Å²) in [6.07, 6.45) is 0. The molecule has 4 heteroatoms. The zero-order valence-corrected chi connectivity index (χ0v) is 13.5. The van der Waals surface area contributed by atoms with Crippen molar-refractivity contribution in [2.45, 2.75) is 6.54 Å². The van der Waals surface area contributed by atoms with Gasteiger partial charge in [0, 0.05) is 5.39 Å². The van der Waals surface area contributed by atoms with Gasteiger partial charge < -0.3 is 5.11 Å². The van der Waals surface area contributed by atoms with Crippen LogP contribution in [0.15, 0.2) is 78.9 Å². The number of benzene rings is 3. The highest BCUT2D eigenvalue weighted by atomic mass is 16.4. The van der Waals surface area contributed by atoms with Crippen LogP contribution in [0.3, 0.4) is 0 Å². The fourth-order valence-electron chi connectivity index (χ4n) is 3.01. The van der Waals surface area contributed by atoms with Crippen LogP contribution in [-0.4, -0.2) is 20.9 Å². The number of carbonyl (C=O) groups is 1. The van der Waals surface area contributed by atoms with Gasteiger partial charge in [-0.1, -0.05) is 72.8 Å². The molecule has 3 aromatic carbocycles. The first kappa shape index (κ1) is 15.1. The zero-order chi connectivity index (χ0) is 17.2. The molecule has 0 spiro atoms.